The first-order valence-corrected chi connectivity index (χ1v) is 6.76. The lowest BCUT2D eigenvalue weighted by atomic mass is 10.3. The molecule has 1 aliphatic rings. The summed E-state index contributed by atoms with van der Waals surface area (Å²) in [4.78, 5) is 37.3. The number of anilines is 1. The second kappa shape index (κ2) is 5.59. The molecule has 0 spiro atoms. The summed E-state index contributed by atoms with van der Waals surface area (Å²) in [5, 5.41) is 4.02. The summed E-state index contributed by atoms with van der Waals surface area (Å²) in [5.41, 5.74) is -0.0355. The van der Waals surface area contributed by atoms with E-state index >= 15 is 0 Å². The molecule has 0 fully saturated rings. The van der Waals surface area contributed by atoms with E-state index in [4.69, 9.17) is 4.74 Å². The molecule has 1 aromatic carbocycles. The largest absolute Gasteiger partial charge is 0.497 e. The maximum Gasteiger partial charge on any atom is 0.354 e. The van der Waals surface area contributed by atoms with Crippen LogP contribution in [-0.2, 0) is 22.6 Å². The molecule has 9 heteroatoms. The number of esters is 1. The highest BCUT2D eigenvalue weighted by atomic mass is 16.5. The second-order valence-corrected chi connectivity index (χ2v) is 4.83. The monoisotopic (exact) mass is 318 g/mol. The van der Waals surface area contributed by atoms with Crippen LogP contribution in [0.25, 0.3) is 0 Å². The molecule has 0 bridgehead atoms. The van der Waals surface area contributed by atoms with E-state index in [2.05, 4.69) is 9.84 Å². The fourth-order valence-electron chi connectivity index (χ4n) is 2.33. The van der Waals surface area contributed by atoms with Gasteiger partial charge in [-0.15, -0.1) is 0 Å². The van der Waals surface area contributed by atoms with Crippen molar-refractivity contribution in [1.82, 2.24) is 14.3 Å². The van der Waals surface area contributed by atoms with Gasteiger partial charge in [-0.2, -0.15) is 9.67 Å². The lowest BCUT2D eigenvalue weighted by molar-refractivity contribution is -0.141. The number of hydrogen-bond acceptors (Lipinski definition) is 6. The summed E-state index contributed by atoms with van der Waals surface area (Å²) in [7, 11) is 2.77. The highest BCUT2D eigenvalue weighted by molar-refractivity contribution is 5.96. The van der Waals surface area contributed by atoms with Crippen LogP contribution in [0.1, 0.15) is 5.82 Å². The molecule has 23 heavy (non-hydrogen) atoms. The van der Waals surface area contributed by atoms with Crippen LogP contribution in [0.15, 0.2) is 29.1 Å². The first-order valence-electron chi connectivity index (χ1n) is 6.76. The van der Waals surface area contributed by atoms with Crippen molar-refractivity contribution in [2.75, 3.05) is 19.1 Å². The van der Waals surface area contributed by atoms with Gasteiger partial charge in [-0.3, -0.25) is 9.69 Å². The Morgan fingerprint density at radius 2 is 1.91 bits per heavy atom. The van der Waals surface area contributed by atoms with Gasteiger partial charge in [0.05, 0.1) is 20.8 Å². The van der Waals surface area contributed by atoms with Gasteiger partial charge in [-0.1, -0.05) is 0 Å². The van der Waals surface area contributed by atoms with Gasteiger partial charge >= 0.3 is 17.7 Å². The predicted molar refractivity (Wildman–Crippen MR) is 78.5 cm³/mol. The zero-order chi connectivity index (χ0) is 16.6. The van der Waals surface area contributed by atoms with Crippen LogP contribution >= 0.6 is 0 Å². The maximum absolute atomic E-state index is 12.4. The Hall–Kier alpha value is -3.10. The summed E-state index contributed by atoms with van der Waals surface area (Å²) in [6, 6.07) is 6.37. The molecule has 1 aromatic heterocycles. The number of ether oxygens (including phenoxy) is 2. The summed E-state index contributed by atoms with van der Waals surface area (Å²) in [6.45, 7) is -0.181. The number of rotatable bonds is 4. The van der Waals surface area contributed by atoms with Crippen LogP contribution in [0, 0.1) is 0 Å². The third-order valence-corrected chi connectivity index (χ3v) is 3.52. The molecule has 9 nitrogen and oxygen atoms in total. The van der Waals surface area contributed by atoms with Gasteiger partial charge in [0.25, 0.3) is 0 Å². The summed E-state index contributed by atoms with van der Waals surface area (Å²) >= 11 is 0. The average Bonchev–Trinajstić information content (AvgIpc) is 3.05. The summed E-state index contributed by atoms with van der Waals surface area (Å²) in [5.74, 6) is 0.335. The highest BCUT2D eigenvalue weighted by Gasteiger charge is 2.33. The first kappa shape index (κ1) is 14.8. The minimum atomic E-state index is -0.661. The van der Waals surface area contributed by atoms with Crippen molar-refractivity contribution in [2.24, 2.45) is 0 Å². The molecule has 2 heterocycles. The van der Waals surface area contributed by atoms with E-state index in [1.54, 1.807) is 31.4 Å². The van der Waals surface area contributed by atoms with Crippen molar-refractivity contribution in [2.45, 2.75) is 13.1 Å². The number of aromatic nitrogens is 3. The Morgan fingerprint density at radius 1 is 1.22 bits per heavy atom. The quantitative estimate of drug-likeness (QED) is 0.748. The number of fused-ring (bicyclic) bond motifs is 1. The summed E-state index contributed by atoms with van der Waals surface area (Å²) in [6.07, 6.45) is 0. The Morgan fingerprint density at radius 3 is 2.48 bits per heavy atom. The fraction of sp³-hybridized carbons (Fsp3) is 0.286. The molecule has 0 aliphatic carbocycles. The van der Waals surface area contributed by atoms with Gasteiger partial charge in [0.15, 0.2) is 5.82 Å². The number of carbonyl (C=O) groups is 2. The molecule has 0 N–H and O–H groups in total. The van der Waals surface area contributed by atoms with E-state index in [0.717, 1.165) is 9.25 Å². The van der Waals surface area contributed by atoms with E-state index in [1.807, 2.05) is 0 Å². The van der Waals surface area contributed by atoms with Crippen LogP contribution in [0.4, 0.5) is 10.5 Å². The fourth-order valence-corrected chi connectivity index (χ4v) is 2.33. The standard InChI is InChI=1S/C14H14N4O5/c1-22-10-5-3-9(4-6-10)16-7-11-15-17(8-12(19)23-2)14(21)18(11)13(16)20/h3-6H,7-8H2,1-2H3. The van der Waals surface area contributed by atoms with Crippen LogP contribution in [0.2, 0.25) is 0 Å². The highest BCUT2D eigenvalue weighted by Crippen LogP contribution is 2.24. The number of benzene rings is 1. The molecule has 3 rings (SSSR count). The van der Waals surface area contributed by atoms with Gasteiger partial charge in [-0.05, 0) is 24.3 Å². The Kier molecular flexibility index (Phi) is 3.61. The number of nitrogens with zero attached hydrogens (tertiary/aromatic N) is 4. The van der Waals surface area contributed by atoms with Crippen molar-refractivity contribution >= 4 is 17.7 Å². The Bertz CT molecular complexity index is 821. The Labute approximate surface area is 130 Å². The predicted octanol–water partition coefficient (Wildman–Crippen LogP) is 0.215. The van der Waals surface area contributed by atoms with Crippen LogP contribution in [0.3, 0.4) is 0 Å². The van der Waals surface area contributed by atoms with Crippen molar-refractivity contribution in [3.63, 3.8) is 0 Å². The molecule has 0 radical (unpaired) electrons. The maximum atomic E-state index is 12.4. The number of methoxy groups -OCH3 is 2. The van der Waals surface area contributed by atoms with Gasteiger partial charge in [0, 0.05) is 5.69 Å². The van der Waals surface area contributed by atoms with Gasteiger partial charge in [0.1, 0.15) is 12.3 Å². The smallest absolute Gasteiger partial charge is 0.354 e. The van der Waals surface area contributed by atoms with Crippen molar-refractivity contribution < 1.29 is 19.1 Å². The molecule has 2 aromatic rings. The third kappa shape index (κ3) is 2.45. The van der Waals surface area contributed by atoms with Crippen molar-refractivity contribution in [3.8, 4) is 5.75 Å². The lowest BCUT2D eigenvalue weighted by Crippen LogP contribution is -2.35. The van der Waals surface area contributed by atoms with Gasteiger partial charge in [0.2, 0.25) is 0 Å². The first-order chi connectivity index (χ1) is 11.0. The molecule has 1 amide bonds. The van der Waals surface area contributed by atoms with E-state index in [1.165, 1.54) is 12.0 Å². The van der Waals surface area contributed by atoms with E-state index < -0.39 is 17.7 Å². The van der Waals surface area contributed by atoms with Gasteiger partial charge in [-0.25, -0.2) is 14.3 Å². The minimum Gasteiger partial charge on any atom is -0.497 e. The number of carbonyl (C=O) groups excluding carboxylic acids is 2. The van der Waals surface area contributed by atoms with Crippen molar-refractivity contribution in [3.05, 3.63) is 40.6 Å². The molecule has 0 unspecified atom stereocenters. The molecule has 1 aliphatic heterocycles. The van der Waals surface area contributed by atoms with Crippen LogP contribution in [0.5, 0.6) is 5.75 Å². The number of hydrogen-bond donors (Lipinski definition) is 0. The summed E-state index contributed by atoms with van der Waals surface area (Å²) < 4.78 is 11.4. The van der Waals surface area contributed by atoms with E-state index in [9.17, 15) is 14.4 Å². The second-order valence-electron chi connectivity index (χ2n) is 4.83. The zero-order valence-electron chi connectivity index (χ0n) is 12.6. The minimum absolute atomic E-state index is 0.147. The number of amides is 1. The SMILES string of the molecule is COC(=O)Cn1nc2n(c1=O)C(=O)N(c1ccc(OC)cc1)C2. The van der Waals surface area contributed by atoms with Crippen molar-refractivity contribution in [1.29, 1.82) is 0 Å². The molecular formula is C14H14N4O5. The normalized spacial score (nSPS) is 13.1. The van der Waals surface area contributed by atoms with Crippen LogP contribution < -0.4 is 15.3 Å². The third-order valence-electron chi connectivity index (χ3n) is 3.52. The van der Waals surface area contributed by atoms with E-state index in [-0.39, 0.29) is 18.9 Å². The molecule has 0 atom stereocenters. The van der Waals surface area contributed by atoms with Crippen LogP contribution in [-0.4, -0.2) is 40.6 Å². The van der Waals surface area contributed by atoms with E-state index in [0.29, 0.717) is 11.4 Å². The van der Waals surface area contributed by atoms with Gasteiger partial charge < -0.3 is 9.47 Å². The molecule has 0 saturated carbocycles. The molecule has 0 saturated heterocycles. The molecular weight excluding hydrogens is 304 g/mol. The lowest BCUT2D eigenvalue weighted by Gasteiger charge is -2.15. The Balaban J connectivity index is 1.88. The molecule has 120 valence electrons. The topological polar surface area (TPSA) is 95.7 Å². The average molecular weight is 318 g/mol. The zero-order valence-corrected chi connectivity index (χ0v) is 12.6.